The van der Waals surface area contributed by atoms with Crippen molar-refractivity contribution < 1.29 is 0 Å². The van der Waals surface area contributed by atoms with Crippen LogP contribution in [0.25, 0.3) is 11.0 Å². The second-order valence-corrected chi connectivity index (χ2v) is 5.98. The maximum Gasteiger partial charge on any atom is 0.263 e. The zero-order valence-electron chi connectivity index (χ0n) is 12.0. The standard InChI is InChI=1S/C14H20N6O/c21-13-11-9-15-18-12(11)16-14(17-13)20-7-3-10(4-8-20)19-5-1-2-6-19/h9-10H,1-8H2,(H2,15,16,17,18,21). The molecule has 4 heterocycles. The lowest BCUT2D eigenvalue weighted by Gasteiger charge is -2.36. The Hall–Kier alpha value is -1.89. The zero-order chi connectivity index (χ0) is 14.2. The Kier molecular flexibility index (Phi) is 3.14. The van der Waals surface area contributed by atoms with Gasteiger partial charge in [0.25, 0.3) is 5.56 Å². The molecule has 21 heavy (non-hydrogen) atoms. The average Bonchev–Trinajstić information content (AvgIpc) is 3.19. The minimum atomic E-state index is -0.120. The number of nitrogens with zero attached hydrogens (tertiary/aromatic N) is 4. The molecule has 2 N–H and O–H groups in total. The number of likely N-dealkylation sites (tertiary alicyclic amines) is 1. The highest BCUT2D eigenvalue weighted by Gasteiger charge is 2.27. The van der Waals surface area contributed by atoms with Gasteiger partial charge in [0.1, 0.15) is 5.39 Å². The zero-order valence-corrected chi connectivity index (χ0v) is 12.0. The number of anilines is 1. The van der Waals surface area contributed by atoms with E-state index in [1.54, 1.807) is 0 Å². The largest absolute Gasteiger partial charge is 0.342 e. The van der Waals surface area contributed by atoms with Gasteiger partial charge < -0.3 is 9.80 Å². The normalized spacial score (nSPS) is 21.4. The Morgan fingerprint density at radius 2 is 1.90 bits per heavy atom. The van der Waals surface area contributed by atoms with Crippen LogP contribution in [0.15, 0.2) is 11.0 Å². The third-order valence-electron chi connectivity index (χ3n) is 4.73. The molecule has 112 valence electrons. The highest BCUT2D eigenvalue weighted by molar-refractivity contribution is 5.73. The number of aromatic nitrogens is 4. The fraction of sp³-hybridized carbons (Fsp3) is 0.643. The first-order valence-corrected chi connectivity index (χ1v) is 7.74. The van der Waals surface area contributed by atoms with Gasteiger partial charge in [0.2, 0.25) is 5.95 Å². The molecule has 2 saturated heterocycles. The average molecular weight is 288 g/mol. The molecule has 0 aromatic carbocycles. The minimum Gasteiger partial charge on any atom is -0.342 e. The Morgan fingerprint density at radius 1 is 1.14 bits per heavy atom. The van der Waals surface area contributed by atoms with Gasteiger partial charge in [-0.1, -0.05) is 0 Å². The first kappa shape index (κ1) is 12.8. The van der Waals surface area contributed by atoms with E-state index in [0.29, 0.717) is 23.0 Å². The van der Waals surface area contributed by atoms with Crippen LogP contribution in [-0.4, -0.2) is 57.3 Å². The van der Waals surface area contributed by atoms with E-state index < -0.39 is 0 Å². The van der Waals surface area contributed by atoms with Crippen molar-refractivity contribution in [1.29, 1.82) is 0 Å². The number of piperidine rings is 1. The molecule has 0 aliphatic carbocycles. The van der Waals surface area contributed by atoms with Crippen LogP contribution in [0.4, 0.5) is 5.95 Å². The monoisotopic (exact) mass is 288 g/mol. The Bertz CT molecular complexity index is 678. The summed E-state index contributed by atoms with van der Waals surface area (Å²) in [5.74, 6) is 0.664. The van der Waals surface area contributed by atoms with Crippen molar-refractivity contribution in [3.63, 3.8) is 0 Å². The predicted molar refractivity (Wildman–Crippen MR) is 80.6 cm³/mol. The summed E-state index contributed by atoms with van der Waals surface area (Å²) in [5.41, 5.74) is 0.445. The van der Waals surface area contributed by atoms with E-state index in [4.69, 9.17) is 0 Å². The fourth-order valence-electron chi connectivity index (χ4n) is 3.53. The number of hydrogen-bond acceptors (Lipinski definition) is 5. The van der Waals surface area contributed by atoms with E-state index in [0.717, 1.165) is 25.9 Å². The smallest absolute Gasteiger partial charge is 0.263 e. The molecule has 0 amide bonds. The summed E-state index contributed by atoms with van der Waals surface area (Å²) in [7, 11) is 0. The number of H-pyrrole nitrogens is 2. The molecule has 0 saturated carbocycles. The van der Waals surface area contributed by atoms with Crippen molar-refractivity contribution >= 4 is 17.0 Å². The lowest BCUT2D eigenvalue weighted by atomic mass is 10.0. The highest BCUT2D eigenvalue weighted by atomic mass is 16.1. The molecule has 7 nitrogen and oxygen atoms in total. The van der Waals surface area contributed by atoms with Crippen molar-refractivity contribution in [1.82, 2.24) is 25.1 Å². The van der Waals surface area contributed by atoms with Crippen molar-refractivity contribution in [3.05, 3.63) is 16.6 Å². The van der Waals surface area contributed by atoms with Gasteiger partial charge in [-0.3, -0.25) is 14.9 Å². The Morgan fingerprint density at radius 3 is 2.67 bits per heavy atom. The summed E-state index contributed by atoms with van der Waals surface area (Å²) >= 11 is 0. The van der Waals surface area contributed by atoms with Crippen LogP contribution >= 0.6 is 0 Å². The highest BCUT2D eigenvalue weighted by Crippen LogP contribution is 2.23. The Balaban J connectivity index is 1.50. The maximum atomic E-state index is 12.0. The van der Waals surface area contributed by atoms with Gasteiger partial charge in [-0.15, -0.1) is 0 Å². The summed E-state index contributed by atoms with van der Waals surface area (Å²) in [4.78, 5) is 24.1. The third kappa shape index (κ3) is 2.31. The van der Waals surface area contributed by atoms with E-state index in [1.165, 1.54) is 32.1 Å². The quantitative estimate of drug-likeness (QED) is 0.850. The second-order valence-electron chi connectivity index (χ2n) is 5.98. The van der Waals surface area contributed by atoms with E-state index in [9.17, 15) is 4.79 Å². The molecule has 0 spiro atoms. The van der Waals surface area contributed by atoms with E-state index in [2.05, 4.69) is 30.0 Å². The molecule has 2 aromatic rings. The number of aromatic amines is 2. The predicted octanol–water partition coefficient (Wildman–Crippen LogP) is 0.711. The molecular formula is C14H20N6O. The van der Waals surface area contributed by atoms with Crippen molar-refractivity contribution in [3.8, 4) is 0 Å². The van der Waals surface area contributed by atoms with Crippen LogP contribution in [0.5, 0.6) is 0 Å². The number of nitrogens with one attached hydrogen (secondary N) is 2. The van der Waals surface area contributed by atoms with Crippen LogP contribution < -0.4 is 10.5 Å². The van der Waals surface area contributed by atoms with Gasteiger partial charge in [-0.2, -0.15) is 10.1 Å². The first-order chi connectivity index (χ1) is 10.3. The summed E-state index contributed by atoms with van der Waals surface area (Å²) in [5, 5.41) is 7.18. The van der Waals surface area contributed by atoms with Crippen LogP contribution in [0, 0.1) is 0 Å². The number of fused-ring (bicyclic) bond motifs is 1. The molecule has 0 bridgehead atoms. The molecule has 2 aliphatic rings. The van der Waals surface area contributed by atoms with Crippen molar-refractivity contribution in [2.75, 3.05) is 31.1 Å². The van der Waals surface area contributed by atoms with E-state index in [1.807, 2.05) is 0 Å². The molecule has 2 aromatic heterocycles. The molecule has 7 heteroatoms. The first-order valence-electron chi connectivity index (χ1n) is 7.74. The molecule has 2 aliphatic heterocycles. The van der Waals surface area contributed by atoms with Gasteiger partial charge in [-0.25, -0.2) is 0 Å². The summed E-state index contributed by atoms with van der Waals surface area (Å²) in [6, 6.07) is 0.700. The van der Waals surface area contributed by atoms with E-state index >= 15 is 0 Å². The van der Waals surface area contributed by atoms with Crippen molar-refractivity contribution in [2.24, 2.45) is 0 Å². The molecular weight excluding hydrogens is 268 g/mol. The van der Waals surface area contributed by atoms with Gasteiger partial charge in [0.15, 0.2) is 5.65 Å². The fourth-order valence-corrected chi connectivity index (χ4v) is 3.53. The van der Waals surface area contributed by atoms with E-state index in [-0.39, 0.29) is 5.56 Å². The Labute approximate surface area is 122 Å². The maximum absolute atomic E-state index is 12.0. The molecule has 0 unspecified atom stereocenters. The molecule has 4 rings (SSSR count). The van der Waals surface area contributed by atoms with Crippen LogP contribution in [0.3, 0.4) is 0 Å². The number of rotatable bonds is 2. The SMILES string of the molecule is O=c1[nH]c(N2CCC(N3CCCC3)CC2)nc2[nH]ncc12. The van der Waals surface area contributed by atoms with Crippen molar-refractivity contribution in [2.45, 2.75) is 31.7 Å². The second kappa shape index (κ2) is 5.14. The minimum absolute atomic E-state index is 0.120. The van der Waals surface area contributed by atoms with Gasteiger partial charge in [0, 0.05) is 19.1 Å². The lowest BCUT2D eigenvalue weighted by molar-refractivity contribution is 0.207. The molecule has 2 fully saturated rings. The molecule has 0 atom stereocenters. The molecule has 0 radical (unpaired) electrons. The van der Waals surface area contributed by atoms with Crippen LogP contribution in [0.1, 0.15) is 25.7 Å². The van der Waals surface area contributed by atoms with Crippen LogP contribution in [0.2, 0.25) is 0 Å². The topological polar surface area (TPSA) is 80.9 Å². The summed E-state index contributed by atoms with van der Waals surface area (Å²) in [6.45, 7) is 4.40. The van der Waals surface area contributed by atoms with Crippen LogP contribution in [-0.2, 0) is 0 Å². The van der Waals surface area contributed by atoms with Gasteiger partial charge in [0.05, 0.1) is 6.20 Å². The van der Waals surface area contributed by atoms with Gasteiger partial charge >= 0.3 is 0 Å². The third-order valence-corrected chi connectivity index (χ3v) is 4.73. The number of hydrogen-bond donors (Lipinski definition) is 2. The lowest BCUT2D eigenvalue weighted by Crippen LogP contribution is -2.44. The summed E-state index contributed by atoms with van der Waals surface area (Å²) in [6.07, 6.45) is 6.48. The van der Waals surface area contributed by atoms with Gasteiger partial charge in [-0.05, 0) is 38.8 Å². The summed E-state index contributed by atoms with van der Waals surface area (Å²) < 4.78 is 0.